The molecule has 0 aliphatic rings. The summed E-state index contributed by atoms with van der Waals surface area (Å²) in [5.74, 6) is -15.1. The van der Waals surface area contributed by atoms with Gasteiger partial charge in [-0.15, -0.1) is 0 Å². The molecule has 0 amide bonds. The average molecular weight is 886 g/mol. The lowest BCUT2D eigenvalue weighted by atomic mass is 10.1. The van der Waals surface area contributed by atoms with Crippen LogP contribution in [0, 0.1) is 43.4 Å². The van der Waals surface area contributed by atoms with Gasteiger partial charge in [-0.1, -0.05) is 0 Å². The Morgan fingerprint density at radius 3 is 1.66 bits per heavy atom. The molecule has 2 aromatic carbocycles. The van der Waals surface area contributed by atoms with E-state index in [4.69, 9.17) is 0 Å². The number of hydrogen-bond donors (Lipinski definition) is 1. The molecule has 0 saturated carbocycles. The monoisotopic (exact) mass is 886 g/mol. The molecule has 158 valence electrons. The molecule has 1 N–H and O–H groups in total. The van der Waals surface area contributed by atoms with E-state index >= 15 is 0 Å². The molecule has 0 spiro atoms. The summed E-state index contributed by atoms with van der Waals surface area (Å²) in [5, 5.41) is 0. The lowest BCUT2D eigenvalue weighted by molar-refractivity contribution is -0.134. The van der Waals surface area contributed by atoms with E-state index in [0.29, 0.717) is 7.14 Å². The van der Waals surface area contributed by atoms with E-state index in [1.165, 1.54) is 0 Å². The third-order valence-corrected chi connectivity index (χ3v) is 12.1. The number of ether oxygens (including phenoxy) is 1. The van der Waals surface area contributed by atoms with E-state index in [1.807, 2.05) is 45.2 Å². The van der Waals surface area contributed by atoms with Gasteiger partial charge in [-0.3, -0.25) is 9.35 Å². The zero-order valence-electron chi connectivity index (χ0n) is 13.1. The highest BCUT2D eigenvalue weighted by Gasteiger charge is 2.31. The van der Waals surface area contributed by atoms with Gasteiger partial charge in [-0.05, 0) is 95.9 Å². The lowest BCUT2D eigenvalue weighted by Gasteiger charge is -2.15. The number of rotatable bonds is 4. The van der Waals surface area contributed by atoms with Gasteiger partial charge in [0.25, 0.3) is 10.1 Å². The minimum atomic E-state index is -4.83. The summed E-state index contributed by atoms with van der Waals surface area (Å²) in [6, 6.07) is 0. The molecule has 0 bridgehead atoms. The highest BCUT2D eigenvalue weighted by Crippen LogP contribution is 2.36. The molecule has 2 aromatic rings. The van der Waals surface area contributed by atoms with Gasteiger partial charge in [0.15, 0.2) is 0 Å². The van der Waals surface area contributed by atoms with E-state index in [0.717, 1.165) is 0 Å². The summed E-state index contributed by atoms with van der Waals surface area (Å²) in [6.45, 7) is 0. The molecular weight excluding hydrogens is 883 g/mol. The number of halogens is 9. The lowest BCUT2D eigenvalue weighted by Crippen LogP contribution is -2.19. The first kappa shape index (κ1) is 25.6. The highest BCUT2D eigenvalue weighted by molar-refractivity contribution is 14.1. The zero-order valence-corrected chi connectivity index (χ0v) is 22.5. The van der Waals surface area contributed by atoms with Crippen molar-refractivity contribution in [2.45, 2.75) is 11.3 Å². The van der Waals surface area contributed by atoms with Crippen LogP contribution in [0.3, 0.4) is 0 Å². The first-order chi connectivity index (χ1) is 13.2. The predicted molar refractivity (Wildman–Crippen MR) is 123 cm³/mol. The van der Waals surface area contributed by atoms with Gasteiger partial charge in [0.2, 0.25) is 34.8 Å². The van der Waals surface area contributed by atoms with Crippen LogP contribution in [0.2, 0.25) is 0 Å². The molecule has 15 heteroatoms. The van der Waals surface area contributed by atoms with Crippen LogP contribution in [0.1, 0.15) is 5.56 Å². The third-order valence-electron chi connectivity index (χ3n) is 3.28. The molecule has 0 aliphatic carbocycles. The van der Waals surface area contributed by atoms with Gasteiger partial charge in [-0.25, -0.2) is 13.2 Å². The third kappa shape index (κ3) is 5.08. The number of benzene rings is 2. The van der Waals surface area contributed by atoms with E-state index in [2.05, 4.69) is 4.74 Å². The number of carbonyl (C=O) groups excluding carboxylic acids is 1. The van der Waals surface area contributed by atoms with Crippen LogP contribution in [0.4, 0.5) is 22.0 Å². The van der Waals surface area contributed by atoms with Gasteiger partial charge in [0, 0.05) is 14.3 Å². The van der Waals surface area contributed by atoms with Crippen molar-refractivity contribution >= 4 is 106 Å². The summed E-state index contributed by atoms with van der Waals surface area (Å²) in [7, 11) is -4.83. The quantitative estimate of drug-likeness (QED) is 0.0871. The number of esters is 1. The Morgan fingerprint density at radius 2 is 1.21 bits per heavy atom. The summed E-state index contributed by atoms with van der Waals surface area (Å²) in [6.07, 6.45) is -0.935. The SMILES string of the molecule is O=C(Cc1c(I)c(I)c(I)c(I)c1S(=O)(=O)O)Oc1c(F)c(F)c(F)c(F)c1F. The largest absolute Gasteiger partial charge is 0.420 e. The molecule has 0 radical (unpaired) electrons. The molecule has 2 rings (SSSR count). The van der Waals surface area contributed by atoms with Crippen LogP contribution in [-0.4, -0.2) is 18.9 Å². The Morgan fingerprint density at radius 1 is 0.793 bits per heavy atom. The molecule has 0 heterocycles. The smallest absolute Gasteiger partial charge is 0.315 e. The Bertz CT molecular complexity index is 1130. The van der Waals surface area contributed by atoms with Crippen LogP contribution >= 0.6 is 90.4 Å². The minimum Gasteiger partial charge on any atom is -0.420 e. The highest BCUT2D eigenvalue weighted by atomic mass is 127. The summed E-state index contributed by atoms with van der Waals surface area (Å²) < 4.78 is 106. The standard InChI is InChI=1S/C14H3F5I4O5S/c15-4-5(16)7(18)13(8(19)6(4)17)28-3(24)1-2-9(20)10(21)11(22)12(23)14(2)29(25,26)27/h1H2,(H,25,26,27). The van der Waals surface area contributed by atoms with Crippen molar-refractivity contribution in [1.82, 2.24) is 0 Å². The molecule has 29 heavy (non-hydrogen) atoms. The molecule has 0 saturated heterocycles. The van der Waals surface area contributed by atoms with Crippen LogP contribution in [0.15, 0.2) is 4.90 Å². The van der Waals surface area contributed by atoms with Crippen molar-refractivity contribution in [3.63, 3.8) is 0 Å². The first-order valence-corrected chi connectivity index (χ1v) is 12.5. The Hall–Kier alpha value is 0.390. The van der Waals surface area contributed by atoms with Crippen LogP contribution in [-0.2, 0) is 21.3 Å². The second kappa shape index (κ2) is 9.48. The second-order valence-electron chi connectivity index (χ2n) is 5.09. The van der Waals surface area contributed by atoms with Crippen LogP contribution in [0.25, 0.3) is 0 Å². The molecule has 0 atom stereocenters. The normalized spacial score (nSPS) is 11.7. The Balaban J connectivity index is 2.57. The van der Waals surface area contributed by atoms with E-state index in [1.54, 1.807) is 45.2 Å². The minimum absolute atomic E-state index is 0.0783. The first-order valence-electron chi connectivity index (χ1n) is 6.74. The molecule has 0 unspecified atom stereocenters. The van der Waals surface area contributed by atoms with Crippen LogP contribution in [0.5, 0.6) is 5.75 Å². The van der Waals surface area contributed by atoms with Crippen molar-refractivity contribution < 1.29 is 44.5 Å². The zero-order chi connectivity index (χ0) is 22.4. The fraction of sp³-hybridized carbons (Fsp3) is 0.0714. The second-order valence-corrected chi connectivity index (χ2v) is 10.8. The molecule has 5 nitrogen and oxygen atoms in total. The maximum absolute atomic E-state index is 13.7. The van der Waals surface area contributed by atoms with Gasteiger partial charge >= 0.3 is 5.97 Å². The summed E-state index contributed by atoms with van der Waals surface area (Å²) >= 11 is 6.98. The average Bonchev–Trinajstić information content (AvgIpc) is 2.63. The van der Waals surface area contributed by atoms with E-state index in [-0.39, 0.29) is 12.7 Å². The van der Waals surface area contributed by atoms with Crippen molar-refractivity contribution in [1.29, 1.82) is 0 Å². The van der Waals surface area contributed by atoms with Gasteiger partial charge < -0.3 is 4.74 Å². The van der Waals surface area contributed by atoms with Crippen molar-refractivity contribution in [3.05, 3.63) is 48.9 Å². The predicted octanol–water partition coefficient (Wildman–Crippen LogP) is 5.20. The molecular formula is C14H3F5I4O5S. The molecule has 0 fully saturated rings. The van der Waals surface area contributed by atoms with E-state index < -0.39 is 62.2 Å². The Kier molecular flexibility index (Phi) is 8.39. The Labute approximate surface area is 214 Å². The fourth-order valence-corrected chi connectivity index (χ4v) is 7.56. The van der Waals surface area contributed by atoms with Gasteiger partial charge in [0.1, 0.15) is 4.90 Å². The summed E-state index contributed by atoms with van der Waals surface area (Å²) in [5.41, 5.74) is -0.254. The van der Waals surface area contributed by atoms with E-state index in [9.17, 15) is 39.7 Å². The number of carbonyl (C=O) groups is 1. The molecule has 0 aliphatic heterocycles. The van der Waals surface area contributed by atoms with Gasteiger partial charge in [0.05, 0.1) is 6.42 Å². The van der Waals surface area contributed by atoms with Crippen molar-refractivity contribution in [2.24, 2.45) is 0 Å². The maximum atomic E-state index is 13.7. The summed E-state index contributed by atoms with van der Waals surface area (Å²) in [4.78, 5) is 11.5. The van der Waals surface area contributed by atoms with Crippen molar-refractivity contribution in [3.8, 4) is 5.75 Å². The molecule has 0 aromatic heterocycles. The maximum Gasteiger partial charge on any atom is 0.315 e. The topological polar surface area (TPSA) is 80.7 Å². The van der Waals surface area contributed by atoms with Gasteiger partial charge in [-0.2, -0.15) is 17.2 Å². The number of hydrogen-bond acceptors (Lipinski definition) is 4. The van der Waals surface area contributed by atoms with Crippen molar-refractivity contribution in [2.75, 3.05) is 0 Å². The fourth-order valence-electron chi connectivity index (χ4n) is 2.05. The van der Waals surface area contributed by atoms with Crippen LogP contribution < -0.4 is 4.74 Å².